The highest BCUT2D eigenvalue weighted by atomic mass is 31.1. The SMILES string of the molecule is CO[PH](=O)OC(=O)CCCC#Cc1c(-c2ccc(F)cc2)nc2ccccc2c1C(C)C. The van der Waals surface area contributed by atoms with Crippen LogP contribution in [-0.2, 0) is 18.4 Å². The molecule has 0 aliphatic heterocycles. The number of hydrogen-bond donors (Lipinski definition) is 0. The highest BCUT2D eigenvalue weighted by Crippen LogP contribution is 2.34. The van der Waals surface area contributed by atoms with Gasteiger partial charge in [-0.1, -0.05) is 43.9 Å². The summed E-state index contributed by atoms with van der Waals surface area (Å²) in [6.07, 6.45) is 1.02. The van der Waals surface area contributed by atoms with E-state index in [9.17, 15) is 13.8 Å². The van der Waals surface area contributed by atoms with E-state index in [1.165, 1.54) is 19.2 Å². The summed E-state index contributed by atoms with van der Waals surface area (Å²) >= 11 is 0. The number of benzene rings is 2. The topological polar surface area (TPSA) is 65.5 Å². The quantitative estimate of drug-likeness (QED) is 0.240. The molecule has 0 radical (unpaired) electrons. The maximum absolute atomic E-state index is 13.5. The van der Waals surface area contributed by atoms with E-state index in [1.807, 2.05) is 24.3 Å². The third-order valence-corrected chi connectivity index (χ3v) is 5.62. The summed E-state index contributed by atoms with van der Waals surface area (Å²) in [7, 11) is -1.53. The van der Waals surface area contributed by atoms with Crippen molar-refractivity contribution in [2.24, 2.45) is 0 Å². The number of carbonyl (C=O) groups is 1. The predicted molar refractivity (Wildman–Crippen MR) is 124 cm³/mol. The van der Waals surface area contributed by atoms with Crippen molar-refractivity contribution < 1.29 is 22.8 Å². The number of aromatic nitrogens is 1. The minimum Gasteiger partial charge on any atom is -0.394 e. The molecule has 0 aliphatic carbocycles. The van der Waals surface area contributed by atoms with Gasteiger partial charge in [0.15, 0.2) is 0 Å². The van der Waals surface area contributed by atoms with Crippen LogP contribution >= 0.6 is 8.25 Å². The van der Waals surface area contributed by atoms with Crippen LogP contribution in [0.15, 0.2) is 48.5 Å². The van der Waals surface area contributed by atoms with E-state index in [0.29, 0.717) is 18.5 Å². The van der Waals surface area contributed by atoms with Crippen molar-refractivity contribution in [2.75, 3.05) is 7.11 Å². The van der Waals surface area contributed by atoms with Crippen molar-refractivity contribution >= 4 is 25.1 Å². The van der Waals surface area contributed by atoms with Gasteiger partial charge in [0.1, 0.15) is 5.82 Å². The number of halogens is 1. The van der Waals surface area contributed by atoms with Gasteiger partial charge in [0.25, 0.3) is 0 Å². The second-order valence-corrected chi connectivity index (χ2v) is 8.62. The van der Waals surface area contributed by atoms with Crippen LogP contribution in [-0.4, -0.2) is 18.1 Å². The van der Waals surface area contributed by atoms with Crippen LogP contribution in [0.3, 0.4) is 0 Å². The lowest BCUT2D eigenvalue weighted by Gasteiger charge is -2.16. The molecule has 0 aliphatic rings. The first kappa shape index (κ1) is 23.7. The molecule has 0 N–H and O–H groups in total. The van der Waals surface area contributed by atoms with Gasteiger partial charge in [-0.15, -0.1) is 0 Å². The Balaban J connectivity index is 1.96. The van der Waals surface area contributed by atoms with Gasteiger partial charge in [-0.05, 0) is 48.2 Å². The average Bonchev–Trinajstić information content (AvgIpc) is 2.78. The molecule has 5 nitrogen and oxygen atoms in total. The minimum atomic E-state index is -2.76. The van der Waals surface area contributed by atoms with Gasteiger partial charge in [-0.2, -0.15) is 0 Å². The van der Waals surface area contributed by atoms with Gasteiger partial charge < -0.3 is 9.05 Å². The third-order valence-electron chi connectivity index (χ3n) is 4.89. The van der Waals surface area contributed by atoms with Crippen molar-refractivity contribution in [1.82, 2.24) is 4.98 Å². The fraction of sp³-hybridized carbons (Fsp3) is 0.280. The number of pyridine rings is 1. The molecule has 1 heterocycles. The summed E-state index contributed by atoms with van der Waals surface area (Å²) in [4.78, 5) is 16.5. The van der Waals surface area contributed by atoms with E-state index >= 15 is 0 Å². The molecule has 0 bridgehead atoms. The number of nitrogens with zero attached hydrogens (tertiary/aromatic N) is 1. The summed E-state index contributed by atoms with van der Waals surface area (Å²) in [5.41, 5.74) is 4.24. The number of rotatable bonds is 7. The summed E-state index contributed by atoms with van der Waals surface area (Å²) < 4.78 is 33.8. The zero-order valence-electron chi connectivity index (χ0n) is 18.3. The molecule has 1 atom stereocenters. The maximum Gasteiger partial charge on any atom is 0.369 e. The molecule has 0 saturated carbocycles. The van der Waals surface area contributed by atoms with E-state index < -0.39 is 14.2 Å². The van der Waals surface area contributed by atoms with Crippen LogP contribution < -0.4 is 0 Å². The molecule has 3 rings (SSSR count). The molecular formula is C25H25FNO4P. The number of unbranched alkanes of at least 4 members (excludes halogenated alkanes) is 1. The number of hydrogen-bond acceptors (Lipinski definition) is 5. The number of para-hydroxylation sites is 1. The molecule has 7 heteroatoms. The molecule has 0 saturated heterocycles. The van der Waals surface area contributed by atoms with Gasteiger partial charge in [0.2, 0.25) is 0 Å². The predicted octanol–water partition coefficient (Wildman–Crippen LogP) is 6.27. The van der Waals surface area contributed by atoms with Crippen LogP contribution in [0.5, 0.6) is 0 Å². The van der Waals surface area contributed by atoms with Crippen LogP contribution in [0.1, 0.15) is 50.2 Å². The first-order valence-corrected chi connectivity index (χ1v) is 11.6. The summed E-state index contributed by atoms with van der Waals surface area (Å²) in [5.74, 6) is 5.70. The molecular weight excluding hydrogens is 428 g/mol. The molecule has 2 aromatic carbocycles. The van der Waals surface area contributed by atoms with Crippen molar-refractivity contribution in [3.63, 3.8) is 0 Å². The third kappa shape index (κ3) is 5.82. The highest BCUT2D eigenvalue weighted by Gasteiger charge is 2.17. The van der Waals surface area contributed by atoms with E-state index in [4.69, 9.17) is 4.98 Å². The van der Waals surface area contributed by atoms with E-state index in [2.05, 4.69) is 34.7 Å². The Morgan fingerprint density at radius 3 is 2.56 bits per heavy atom. The Kier molecular flexibility index (Phi) is 8.16. The Hall–Kier alpha value is -3.00. The zero-order chi connectivity index (χ0) is 23.1. The van der Waals surface area contributed by atoms with E-state index in [1.54, 1.807) is 12.1 Å². The minimum absolute atomic E-state index is 0.103. The molecule has 32 heavy (non-hydrogen) atoms. The normalized spacial score (nSPS) is 11.8. The van der Waals surface area contributed by atoms with Crippen molar-refractivity contribution in [1.29, 1.82) is 0 Å². The fourth-order valence-corrected chi connectivity index (χ4v) is 3.81. The average molecular weight is 453 g/mol. The monoisotopic (exact) mass is 453 g/mol. The summed E-state index contributed by atoms with van der Waals surface area (Å²) in [5, 5.41) is 1.03. The first-order valence-electron chi connectivity index (χ1n) is 10.4. The molecule has 0 fully saturated rings. The maximum atomic E-state index is 13.5. The lowest BCUT2D eigenvalue weighted by atomic mass is 9.90. The van der Waals surface area contributed by atoms with Gasteiger partial charge in [-0.3, -0.25) is 4.79 Å². The van der Waals surface area contributed by atoms with Crippen LogP contribution in [0.25, 0.3) is 22.2 Å². The molecule has 1 aromatic heterocycles. The van der Waals surface area contributed by atoms with Crippen molar-refractivity contribution in [2.45, 2.75) is 39.0 Å². The standard InChI is InChI=1S/C25H25FNO4P/c1-17(2)24-20-9-7-8-11-22(20)27-25(18-13-15-19(26)16-14-18)21(24)10-5-4-6-12-23(28)31-32(29)30-3/h7-9,11,13-17,32H,4,6,12H2,1-3H3. The van der Waals surface area contributed by atoms with Crippen molar-refractivity contribution in [3.05, 3.63) is 65.5 Å². The van der Waals surface area contributed by atoms with E-state index in [-0.39, 0.29) is 18.2 Å². The second kappa shape index (κ2) is 11.0. The largest absolute Gasteiger partial charge is 0.394 e. The fourth-order valence-electron chi connectivity index (χ4n) is 3.44. The van der Waals surface area contributed by atoms with Crippen LogP contribution in [0.4, 0.5) is 4.39 Å². The Labute approximate surface area is 187 Å². The summed E-state index contributed by atoms with van der Waals surface area (Å²) in [6, 6.07) is 14.1. The Morgan fingerprint density at radius 1 is 1.16 bits per heavy atom. The molecule has 3 aromatic rings. The Bertz CT molecular complexity index is 1200. The van der Waals surface area contributed by atoms with Gasteiger partial charge >= 0.3 is 14.2 Å². The zero-order valence-corrected chi connectivity index (χ0v) is 19.3. The van der Waals surface area contributed by atoms with E-state index in [0.717, 1.165) is 27.6 Å². The lowest BCUT2D eigenvalue weighted by molar-refractivity contribution is -0.134. The molecule has 0 spiro atoms. The summed E-state index contributed by atoms with van der Waals surface area (Å²) in [6.45, 7) is 4.21. The van der Waals surface area contributed by atoms with Gasteiger partial charge in [0, 0.05) is 30.9 Å². The lowest BCUT2D eigenvalue weighted by Crippen LogP contribution is -2.01. The first-order chi connectivity index (χ1) is 15.4. The molecule has 1 unspecified atom stereocenters. The molecule has 0 amide bonds. The molecule has 166 valence electrons. The number of fused-ring (bicyclic) bond motifs is 1. The van der Waals surface area contributed by atoms with Gasteiger partial charge in [0.05, 0.1) is 16.8 Å². The van der Waals surface area contributed by atoms with Gasteiger partial charge in [-0.25, -0.2) is 13.9 Å². The van der Waals surface area contributed by atoms with Crippen molar-refractivity contribution in [3.8, 4) is 23.1 Å². The highest BCUT2D eigenvalue weighted by molar-refractivity contribution is 7.34. The van der Waals surface area contributed by atoms with Crippen LogP contribution in [0, 0.1) is 17.7 Å². The second-order valence-electron chi connectivity index (χ2n) is 7.51. The number of carbonyl (C=O) groups excluding carboxylic acids is 1. The Morgan fingerprint density at radius 2 is 1.88 bits per heavy atom. The smallest absolute Gasteiger partial charge is 0.369 e. The van der Waals surface area contributed by atoms with Crippen LogP contribution in [0.2, 0.25) is 0 Å².